The lowest BCUT2D eigenvalue weighted by Crippen LogP contribution is -1.99. The number of benzene rings is 2. The van der Waals surface area contributed by atoms with Gasteiger partial charge in [0.1, 0.15) is 11.4 Å². The van der Waals surface area contributed by atoms with Gasteiger partial charge < -0.3 is 9.52 Å². The Labute approximate surface area is 157 Å². The number of aromatic nitrogens is 3. The molecule has 4 rings (SSSR count). The first-order valence-corrected chi connectivity index (χ1v) is 8.95. The third-order valence-electron chi connectivity index (χ3n) is 3.72. The lowest BCUT2D eigenvalue weighted by atomic mass is 10.1. The molecule has 0 saturated heterocycles. The lowest BCUT2D eigenvalue weighted by Gasteiger charge is -2.04. The van der Waals surface area contributed by atoms with Gasteiger partial charge in [0, 0.05) is 5.56 Å². The molecular formula is C18H12ClN3O3S. The van der Waals surface area contributed by atoms with E-state index in [0.717, 1.165) is 26.4 Å². The number of aliphatic carboxylic acids is 1. The van der Waals surface area contributed by atoms with Crippen LogP contribution in [0.1, 0.15) is 16.8 Å². The standard InChI is InChI=1S/C18H12ClN3O3S/c19-12-7-13-14(6-11(12)10-4-2-1-3-5-10)26-17(20-13)8-15-21-22-16(25-15)9-18(23)24/h1-7H,8-9H2,(H,23,24). The van der Waals surface area contributed by atoms with Crippen molar-refractivity contribution in [2.24, 2.45) is 0 Å². The third kappa shape index (κ3) is 3.44. The Morgan fingerprint density at radius 1 is 1.15 bits per heavy atom. The van der Waals surface area contributed by atoms with Crippen LogP contribution in [-0.4, -0.2) is 26.3 Å². The van der Waals surface area contributed by atoms with Crippen molar-refractivity contribution in [3.8, 4) is 11.1 Å². The van der Waals surface area contributed by atoms with E-state index in [1.807, 2.05) is 42.5 Å². The van der Waals surface area contributed by atoms with Gasteiger partial charge in [0.2, 0.25) is 11.8 Å². The third-order valence-corrected chi connectivity index (χ3v) is 5.05. The van der Waals surface area contributed by atoms with Crippen LogP contribution in [0.4, 0.5) is 0 Å². The molecule has 0 fully saturated rings. The molecule has 0 spiro atoms. The summed E-state index contributed by atoms with van der Waals surface area (Å²) in [7, 11) is 0. The van der Waals surface area contributed by atoms with Gasteiger partial charge in [0.05, 0.1) is 21.7 Å². The van der Waals surface area contributed by atoms with Crippen LogP contribution in [0.2, 0.25) is 5.02 Å². The highest BCUT2D eigenvalue weighted by molar-refractivity contribution is 7.18. The molecule has 0 radical (unpaired) electrons. The number of hydrogen-bond acceptors (Lipinski definition) is 6. The zero-order chi connectivity index (χ0) is 18.1. The number of carbonyl (C=O) groups is 1. The molecule has 0 amide bonds. The first-order valence-electron chi connectivity index (χ1n) is 7.76. The van der Waals surface area contributed by atoms with Crippen LogP contribution in [0.3, 0.4) is 0 Å². The van der Waals surface area contributed by atoms with Crippen molar-refractivity contribution in [1.82, 2.24) is 15.2 Å². The van der Waals surface area contributed by atoms with Gasteiger partial charge in [-0.2, -0.15) is 0 Å². The monoisotopic (exact) mass is 385 g/mol. The summed E-state index contributed by atoms with van der Waals surface area (Å²) in [6.07, 6.45) is 0.0626. The molecule has 0 aliphatic heterocycles. The van der Waals surface area contributed by atoms with E-state index < -0.39 is 5.97 Å². The molecule has 1 N–H and O–H groups in total. The van der Waals surface area contributed by atoms with Crippen LogP contribution in [0.5, 0.6) is 0 Å². The number of hydrogen-bond donors (Lipinski definition) is 1. The van der Waals surface area contributed by atoms with Crippen LogP contribution >= 0.6 is 22.9 Å². The van der Waals surface area contributed by atoms with E-state index in [0.29, 0.717) is 17.3 Å². The smallest absolute Gasteiger partial charge is 0.312 e. The highest BCUT2D eigenvalue weighted by Crippen LogP contribution is 2.34. The normalized spacial score (nSPS) is 11.1. The molecule has 26 heavy (non-hydrogen) atoms. The van der Waals surface area contributed by atoms with E-state index in [9.17, 15) is 4.79 Å². The largest absolute Gasteiger partial charge is 0.481 e. The molecule has 0 atom stereocenters. The second-order valence-electron chi connectivity index (χ2n) is 5.61. The van der Waals surface area contributed by atoms with Crippen LogP contribution in [0.15, 0.2) is 46.9 Å². The molecule has 6 nitrogen and oxygen atoms in total. The maximum absolute atomic E-state index is 10.7. The van der Waals surface area contributed by atoms with Crippen molar-refractivity contribution in [2.45, 2.75) is 12.8 Å². The van der Waals surface area contributed by atoms with Crippen molar-refractivity contribution in [3.05, 3.63) is 64.3 Å². The lowest BCUT2D eigenvalue weighted by molar-refractivity contribution is -0.136. The Bertz CT molecular complexity index is 1090. The highest BCUT2D eigenvalue weighted by atomic mass is 35.5. The minimum absolute atomic E-state index is 0.0861. The molecule has 0 aliphatic rings. The second kappa shape index (κ2) is 6.86. The molecule has 0 bridgehead atoms. The molecule has 130 valence electrons. The fourth-order valence-corrected chi connectivity index (χ4v) is 3.85. The van der Waals surface area contributed by atoms with E-state index in [1.165, 1.54) is 11.3 Å². The van der Waals surface area contributed by atoms with Gasteiger partial charge in [0.15, 0.2) is 0 Å². The van der Waals surface area contributed by atoms with E-state index in [-0.39, 0.29) is 12.3 Å². The average Bonchev–Trinajstić information content (AvgIpc) is 3.20. The molecule has 4 aromatic rings. The molecule has 0 aliphatic carbocycles. The van der Waals surface area contributed by atoms with Crippen molar-refractivity contribution < 1.29 is 14.3 Å². The molecule has 2 heterocycles. The van der Waals surface area contributed by atoms with Crippen molar-refractivity contribution in [3.63, 3.8) is 0 Å². The summed E-state index contributed by atoms with van der Waals surface area (Å²) >= 11 is 7.95. The fourth-order valence-electron chi connectivity index (χ4n) is 2.60. The predicted molar refractivity (Wildman–Crippen MR) is 98.5 cm³/mol. The Hall–Kier alpha value is -2.77. The molecule has 2 aromatic heterocycles. The maximum Gasteiger partial charge on any atom is 0.312 e. The topological polar surface area (TPSA) is 89.1 Å². The predicted octanol–water partition coefficient (Wildman–Crippen LogP) is 4.22. The zero-order valence-electron chi connectivity index (χ0n) is 13.3. The molecule has 0 saturated carbocycles. The molecule has 8 heteroatoms. The summed E-state index contributed by atoms with van der Waals surface area (Å²) in [5, 5.41) is 17.8. The van der Waals surface area contributed by atoms with Gasteiger partial charge in [0.25, 0.3) is 0 Å². The van der Waals surface area contributed by atoms with Gasteiger partial charge >= 0.3 is 5.97 Å². The van der Waals surface area contributed by atoms with E-state index in [4.69, 9.17) is 21.1 Å². The Morgan fingerprint density at radius 2 is 1.92 bits per heavy atom. The number of fused-ring (bicyclic) bond motifs is 1. The number of rotatable bonds is 5. The summed E-state index contributed by atoms with van der Waals surface area (Å²) in [5.74, 6) is -0.582. The van der Waals surface area contributed by atoms with Gasteiger partial charge in [-0.1, -0.05) is 41.9 Å². The van der Waals surface area contributed by atoms with Crippen molar-refractivity contribution >= 4 is 39.1 Å². The number of carboxylic acid groups (broad SMARTS) is 1. The Kier molecular flexibility index (Phi) is 4.40. The van der Waals surface area contributed by atoms with Crippen molar-refractivity contribution in [2.75, 3.05) is 0 Å². The molecular weight excluding hydrogens is 374 g/mol. The van der Waals surface area contributed by atoms with Crippen molar-refractivity contribution in [1.29, 1.82) is 0 Å². The van der Waals surface area contributed by atoms with Gasteiger partial charge in [-0.15, -0.1) is 21.5 Å². The average molecular weight is 386 g/mol. The molecule has 2 aromatic carbocycles. The number of carboxylic acids is 1. The zero-order valence-corrected chi connectivity index (χ0v) is 14.9. The SMILES string of the molecule is O=C(O)Cc1nnc(Cc2nc3cc(Cl)c(-c4ccccc4)cc3s2)o1. The number of nitrogens with zero attached hydrogens (tertiary/aromatic N) is 3. The minimum Gasteiger partial charge on any atom is -0.481 e. The number of halogens is 1. The summed E-state index contributed by atoms with van der Waals surface area (Å²) < 4.78 is 6.36. The summed E-state index contributed by atoms with van der Waals surface area (Å²) in [6, 6.07) is 13.8. The van der Waals surface area contributed by atoms with Gasteiger partial charge in [-0.25, -0.2) is 4.98 Å². The summed E-state index contributed by atoms with van der Waals surface area (Å²) in [4.78, 5) is 15.2. The van der Waals surface area contributed by atoms with Crippen LogP contribution < -0.4 is 0 Å². The van der Waals surface area contributed by atoms with Crippen LogP contribution in [0, 0.1) is 0 Å². The number of thiazole rings is 1. The van der Waals surface area contributed by atoms with Gasteiger partial charge in [-0.05, 0) is 17.7 Å². The highest BCUT2D eigenvalue weighted by Gasteiger charge is 2.14. The van der Waals surface area contributed by atoms with Crippen LogP contribution in [0.25, 0.3) is 21.3 Å². The van der Waals surface area contributed by atoms with Gasteiger partial charge in [-0.3, -0.25) is 4.79 Å². The van der Waals surface area contributed by atoms with E-state index in [1.54, 1.807) is 0 Å². The van der Waals surface area contributed by atoms with Crippen LogP contribution in [-0.2, 0) is 17.6 Å². The van der Waals surface area contributed by atoms with E-state index in [2.05, 4.69) is 15.2 Å². The quantitative estimate of drug-likeness (QED) is 0.553. The first kappa shape index (κ1) is 16.7. The fraction of sp³-hybridized carbons (Fsp3) is 0.111. The summed E-state index contributed by atoms with van der Waals surface area (Å²) in [5.41, 5.74) is 2.81. The minimum atomic E-state index is -1.01. The maximum atomic E-state index is 10.7. The van der Waals surface area contributed by atoms with E-state index >= 15 is 0 Å². The molecule has 0 unspecified atom stereocenters. The summed E-state index contributed by atoms with van der Waals surface area (Å²) in [6.45, 7) is 0. The Balaban J connectivity index is 1.63. The Morgan fingerprint density at radius 3 is 2.69 bits per heavy atom. The second-order valence-corrected chi connectivity index (χ2v) is 7.13. The first-order chi connectivity index (χ1) is 12.6.